The molecule has 0 spiro atoms. The van der Waals surface area contributed by atoms with Crippen LogP contribution in [0.5, 0.6) is 5.75 Å². The molecule has 5 nitrogen and oxygen atoms in total. The van der Waals surface area contributed by atoms with E-state index in [4.69, 9.17) is 16.3 Å². The SMILES string of the molecule is CCOc1cc(Cl)ccc1C(=O)N1CCC(N2CCNCC2)C1. The quantitative estimate of drug-likeness (QED) is 0.911. The third kappa shape index (κ3) is 3.79. The van der Waals surface area contributed by atoms with Crippen molar-refractivity contribution in [3.63, 3.8) is 0 Å². The Hall–Kier alpha value is -1.30. The van der Waals surface area contributed by atoms with Gasteiger partial charge in [0, 0.05) is 50.3 Å². The molecule has 1 N–H and O–H groups in total. The second-order valence-corrected chi connectivity index (χ2v) is 6.49. The molecule has 0 saturated carbocycles. The molecule has 1 aromatic carbocycles. The first-order chi connectivity index (χ1) is 11.2. The Morgan fingerprint density at radius 2 is 2.13 bits per heavy atom. The van der Waals surface area contributed by atoms with Crippen molar-refractivity contribution in [1.82, 2.24) is 15.1 Å². The number of rotatable bonds is 4. The molecule has 6 heteroatoms. The van der Waals surface area contributed by atoms with E-state index < -0.39 is 0 Å². The molecule has 2 heterocycles. The molecule has 0 bridgehead atoms. The first kappa shape index (κ1) is 16.6. The summed E-state index contributed by atoms with van der Waals surface area (Å²) in [6.45, 7) is 8.24. The maximum Gasteiger partial charge on any atom is 0.257 e. The van der Waals surface area contributed by atoms with Crippen molar-refractivity contribution in [3.05, 3.63) is 28.8 Å². The van der Waals surface area contributed by atoms with E-state index in [0.717, 1.165) is 45.7 Å². The largest absolute Gasteiger partial charge is 0.493 e. The highest BCUT2D eigenvalue weighted by Crippen LogP contribution is 2.27. The van der Waals surface area contributed by atoms with Crippen molar-refractivity contribution >= 4 is 17.5 Å². The van der Waals surface area contributed by atoms with Crippen LogP contribution in [-0.2, 0) is 0 Å². The first-order valence-electron chi connectivity index (χ1n) is 8.35. The van der Waals surface area contributed by atoms with E-state index in [-0.39, 0.29) is 5.91 Å². The molecule has 0 aliphatic carbocycles. The molecule has 1 atom stereocenters. The van der Waals surface area contributed by atoms with Crippen LogP contribution in [0.1, 0.15) is 23.7 Å². The Balaban J connectivity index is 1.69. The molecule has 23 heavy (non-hydrogen) atoms. The third-order valence-corrected chi connectivity index (χ3v) is 4.83. The van der Waals surface area contributed by atoms with Crippen LogP contribution < -0.4 is 10.1 Å². The highest BCUT2D eigenvalue weighted by Gasteiger charge is 2.32. The number of benzene rings is 1. The van der Waals surface area contributed by atoms with Gasteiger partial charge in [-0.05, 0) is 31.5 Å². The molecule has 1 amide bonds. The van der Waals surface area contributed by atoms with Crippen molar-refractivity contribution in [2.24, 2.45) is 0 Å². The average Bonchev–Trinajstić information content (AvgIpc) is 3.06. The summed E-state index contributed by atoms with van der Waals surface area (Å²) in [5.41, 5.74) is 0.609. The average molecular weight is 338 g/mol. The van der Waals surface area contributed by atoms with Gasteiger partial charge in [0.25, 0.3) is 5.91 Å². The Morgan fingerprint density at radius 3 is 2.87 bits per heavy atom. The minimum Gasteiger partial charge on any atom is -0.493 e. The summed E-state index contributed by atoms with van der Waals surface area (Å²) in [6, 6.07) is 5.72. The first-order valence-corrected chi connectivity index (χ1v) is 8.73. The molecule has 0 aromatic heterocycles. The number of amides is 1. The fourth-order valence-electron chi connectivity index (χ4n) is 3.39. The molecule has 2 aliphatic heterocycles. The van der Waals surface area contributed by atoms with E-state index in [1.54, 1.807) is 18.2 Å². The van der Waals surface area contributed by atoms with Gasteiger partial charge in [-0.2, -0.15) is 0 Å². The zero-order chi connectivity index (χ0) is 16.2. The normalized spacial score (nSPS) is 22.3. The van der Waals surface area contributed by atoms with Crippen molar-refractivity contribution in [2.75, 3.05) is 45.9 Å². The van der Waals surface area contributed by atoms with Crippen LogP contribution in [0.3, 0.4) is 0 Å². The predicted molar refractivity (Wildman–Crippen MR) is 91.4 cm³/mol. The Bertz CT molecular complexity index is 561. The number of halogens is 1. The van der Waals surface area contributed by atoms with Gasteiger partial charge >= 0.3 is 0 Å². The fourth-order valence-corrected chi connectivity index (χ4v) is 3.55. The van der Waals surface area contributed by atoms with Gasteiger partial charge in [0.05, 0.1) is 12.2 Å². The van der Waals surface area contributed by atoms with Gasteiger partial charge in [-0.25, -0.2) is 0 Å². The van der Waals surface area contributed by atoms with Crippen LogP contribution in [-0.4, -0.2) is 67.6 Å². The summed E-state index contributed by atoms with van der Waals surface area (Å²) in [5, 5.41) is 3.96. The number of nitrogens with zero attached hydrogens (tertiary/aromatic N) is 2. The standard InChI is InChI=1S/C17H24ClN3O2/c1-2-23-16-11-13(18)3-4-15(16)17(22)21-8-5-14(12-21)20-9-6-19-7-10-20/h3-4,11,14,19H,2,5-10,12H2,1H3. The van der Waals surface area contributed by atoms with Crippen LogP contribution in [0.15, 0.2) is 18.2 Å². The molecular weight excluding hydrogens is 314 g/mol. The number of carbonyl (C=O) groups is 1. The second-order valence-electron chi connectivity index (χ2n) is 6.05. The third-order valence-electron chi connectivity index (χ3n) is 4.59. The van der Waals surface area contributed by atoms with E-state index in [0.29, 0.717) is 29.0 Å². The minimum absolute atomic E-state index is 0.0442. The molecule has 2 saturated heterocycles. The van der Waals surface area contributed by atoms with Gasteiger partial charge in [-0.15, -0.1) is 0 Å². The summed E-state index contributed by atoms with van der Waals surface area (Å²) in [4.78, 5) is 17.3. The maximum atomic E-state index is 12.9. The Labute approximate surface area is 142 Å². The topological polar surface area (TPSA) is 44.8 Å². The lowest BCUT2D eigenvalue weighted by atomic mass is 10.1. The summed E-state index contributed by atoms with van der Waals surface area (Å²) in [5.74, 6) is 0.623. The van der Waals surface area contributed by atoms with Crippen LogP contribution in [0.4, 0.5) is 0 Å². The van der Waals surface area contributed by atoms with E-state index >= 15 is 0 Å². The molecule has 2 fully saturated rings. The minimum atomic E-state index is 0.0442. The summed E-state index contributed by atoms with van der Waals surface area (Å²) >= 11 is 6.02. The fraction of sp³-hybridized carbons (Fsp3) is 0.588. The molecule has 0 radical (unpaired) electrons. The summed E-state index contributed by atoms with van der Waals surface area (Å²) in [7, 11) is 0. The molecule has 126 valence electrons. The van der Waals surface area contributed by atoms with E-state index in [9.17, 15) is 4.79 Å². The number of likely N-dealkylation sites (tertiary alicyclic amines) is 1. The molecule has 1 unspecified atom stereocenters. The van der Waals surface area contributed by atoms with Crippen molar-refractivity contribution in [1.29, 1.82) is 0 Å². The highest BCUT2D eigenvalue weighted by molar-refractivity contribution is 6.30. The lowest BCUT2D eigenvalue weighted by Gasteiger charge is -2.32. The van der Waals surface area contributed by atoms with Gasteiger partial charge < -0.3 is 15.0 Å². The van der Waals surface area contributed by atoms with Gasteiger partial charge in [-0.1, -0.05) is 11.6 Å². The van der Waals surface area contributed by atoms with Gasteiger partial charge in [0.2, 0.25) is 0 Å². The van der Waals surface area contributed by atoms with Gasteiger partial charge in [0.15, 0.2) is 0 Å². The molecule has 1 aromatic rings. The van der Waals surface area contributed by atoms with Crippen LogP contribution in [0.2, 0.25) is 5.02 Å². The van der Waals surface area contributed by atoms with Crippen molar-refractivity contribution in [3.8, 4) is 5.75 Å². The monoisotopic (exact) mass is 337 g/mol. The highest BCUT2D eigenvalue weighted by atomic mass is 35.5. The molecule has 2 aliphatic rings. The van der Waals surface area contributed by atoms with Gasteiger partial charge in [-0.3, -0.25) is 9.69 Å². The maximum absolute atomic E-state index is 12.9. The van der Waals surface area contributed by atoms with E-state index in [1.807, 2.05) is 11.8 Å². The number of ether oxygens (including phenoxy) is 1. The van der Waals surface area contributed by atoms with Crippen LogP contribution in [0.25, 0.3) is 0 Å². The smallest absolute Gasteiger partial charge is 0.257 e. The number of piperazine rings is 1. The summed E-state index contributed by atoms with van der Waals surface area (Å²) in [6.07, 6.45) is 1.04. The number of carbonyl (C=O) groups excluding carboxylic acids is 1. The lowest BCUT2D eigenvalue weighted by molar-refractivity contribution is 0.0769. The van der Waals surface area contributed by atoms with Crippen LogP contribution in [0, 0.1) is 0 Å². The van der Waals surface area contributed by atoms with Crippen molar-refractivity contribution < 1.29 is 9.53 Å². The van der Waals surface area contributed by atoms with E-state index in [2.05, 4.69) is 10.2 Å². The Morgan fingerprint density at radius 1 is 1.35 bits per heavy atom. The van der Waals surface area contributed by atoms with Crippen molar-refractivity contribution in [2.45, 2.75) is 19.4 Å². The lowest BCUT2D eigenvalue weighted by Crippen LogP contribution is -2.49. The number of hydrogen-bond acceptors (Lipinski definition) is 4. The number of nitrogens with one attached hydrogen (secondary N) is 1. The Kier molecular flexibility index (Phi) is 5.41. The molecule has 3 rings (SSSR count). The molecular formula is C17H24ClN3O2. The number of hydrogen-bond donors (Lipinski definition) is 1. The van der Waals surface area contributed by atoms with E-state index in [1.165, 1.54) is 0 Å². The second kappa shape index (κ2) is 7.51. The van der Waals surface area contributed by atoms with Gasteiger partial charge in [0.1, 0.15) is 5.75 Å². The van der Waals surface area contributed by atoms with Crippen LogP contribution >= 0.6 is 11.6 Å². The summed E-state index contributed by atoms with van der Waals surface area (Å²) < 4.78 is 5.59. The zero-order valence-corrected chi connectivity index (χ0v) is 14.3. The zero-order valence-electron chi connectivity index (χ0n) is 13.6. The predicted octanol–water partition coefficient (Wildman–Crippen LogP) is 1.86.